The van der Waals surface area contributed by atoms with Gasteiger partial charge in [0.2, 0.25) is 0 Å². The van der Waals surface area contributed by atoms with Gasteiger partial charge in [-0.05, 0) is 12.3 Å². The number of hydrogen-bond acceptors (Lipinski definition) is 2. The van der Waals surface area contributed by atoms with Crippen molar-refractivity contribution in [3.05, 3.63) is 0 Å². The fourth-order valence-electron chi connectivity index (χ4n) is 1.19. The molecule has 0 saturated carbocycles. The third-order valence-electron chi connectivity index (χ3n) is 1.92. The van der Waals surface area contributed by atoms with E-state index in [1.165, 1.54) is 0 Å². The van der Waals surface area contributed by atoms with Crippen molar-refractivity contribution in [1.29, 1.82) is 0 Å². The molecule has 0 aromatic rings. The van der Waals surface area contributed by atoms with Crippen LogP contribution in [0.4, 0.5) is 0 Å². The fraction of sp³-hybridized carbons (Fsp3) is 1.00. The zero-order valence-corrected chi connectivity index (χ0v) is 8.28. The second kappa shape index (κ2) is 2.81. The Bertz CT molecular complexity index is 208. The molecule has 1 aliphatic rings. The summed E-state index contributed by atoms with van der Waals surface area (Å²) in [6.45, 7) is 2.01. The van der Waals surface area contributed by atoms with Crippen molar-refractivity contribution in [2.45, 2.75) is 18.2 Å². The highest BCUT2D eigenvalue weighted by Gasteiger charge is 2.30. The summed E-state index contributed by atoms with van der Waals surface area (Å²) in [6, 6.07) is 0. The number of alkyl halides is 1. The molecule has 10 heavy (non-hydrogen) atoms. The van der Waals surface area contributed by atoms with Crippen LogP contribution in [0.5, 0.6) is 0 Å². The number of halogens is 1. The summed E-state index contributed by atoms with van der Waals surface area (Å²) in [5.74, 6) is 1.09. The average molecular weight is 227 g/mol. The third kappa shape index (κ3) is 1.95. The van der Waals surface area contributed by atoms with Gasteiger partial charge in [-0.1, -0.05) is 22.9 Å². The van der Waals surface area contributed by atoms with Gasteiger partial charge in [-0.2, -0.15) is 0 Å². The van der Waals surface area contributed by atoms with Gasteiger partial charge in [-0.3, -0.25) is 0 Å². The Morgan fingerprint density at radius 1 is 1.60 bits per heavy atom. The predicted octanol–water partition coefficient (Wildman–Crippen LogP) is 1.20. The van der Waals surface area contributed by atoms with Crippen LogP contribution in [0, 0.1) is 5.92 Å². The summed E-state index contributed by atoms with van der Waals surface area (Å²) >= 11 is 3.39. The largest absolute Gasteiger partial charge is 0.229 e. The van der Waals surface area contributed by atoms with Crippen molar-refractivity contribution in [2.24, 2.45) is 5.92 Å². The molecule has 0 aromatic carbocycles. The number of sulfone groups is 1. The smallest absolute Gasteiger partial charge is 0.150 e. The van der Waals surface area contributed by atoms with Crippen molar-refractivity contribution >= 4 is 25.8 Å². The molecular formula is C6H11BrO2S. The molecule has 1 saturated heterocycles. The molecule has 0 N–H and O–H groups in total. The molecule has 0 amide bonds. The second-order valence-electron chi connectivity index (χ2n) is 2.84. The topological polar surface area (TPSA) is 34.1 Å². The molecule has 1 aliphatic heterocycles. The minimum atomic E-state index is -2.67. The first-order valence-corrected chi connectivity index (χ1v) is 6.09. The van der Waals surface area contributed by atoms with Crippen LogP contribution in [-0.2, 0) is 9.84 Å². The lowest BCUT2D eigenvalue weighted by atomic mass is 10.1. The van der Waals surface area contributed by atoms with Gasteiger partial charge in [0.1, 0.15) is 0 Å². The van der Waals surface area contributed by atoms with Gasteiger partial charge in [0, 0.05) is 4.83 Å². The second-order valence-corrected chi connectivity index (χ2v) is 6.51. The maximum absolute atomic E-state index is 10.9. The highest BCUT2D eigenvalue weighted by atomic mass is 79.9. The van der Waals surface area contributed by atoms with E-state index >= 15 is 0 Å². The van der Waals surface area contributed by atoms with Gasteiger partial charge in [0.05, 0.1) is 11.5 Å². The standard InChI is InChI=1S/C6H11BrO2S/c1-5(7)6-2-3-10(8,9)4-6/h5-6H,2-4H2,1H3. The van der Waals surface area contributed by atoms with E-state index in [1.807, 2.05) is 6.92 Å². The fourth-order valence-corrected chi connectivity index (χ4v) is 3.82. The molecular weight excluding hydrogens is 216 g/mol. The average Bonchev–Trinajstić information content (AvgIpc) is 2.10. The zero-order valence-electron chi connectivity index (χ0n) is 5.88. The Morgan fingerprint density at radius 2 is 2.20 bits per heavy atom. The summed E-state index contributed by atoms with van der Waals surface area (Å²) in [6.07, 6.45) is 0.828. The first-order chi connectivity index (χ1) is 4.51. The molecule has 0 bridgehead atoms. The van der Waals surface area contributed by atoms with E-state index in [4.69, 9.17) is 0 Å². The minimum absolute atomic E-state index is 0.338. The van der Waals surface area contributed by atoms with E-state index in [2.05, 4.69) is 15.9 Å². The first kappa shape index (κ1) is 8.53. The summed E-state index contributed by atoms with van der Waals surface area (Å²) in [7, 11) is -2.67. The highest BCUT2D eigenvalue weighted by Crippen LogP contribution is 2.25. The van der Waals surface area contributed by atoms with E-state index in [0.717, 1.165) is 6.42 Å². The van der Waals surface area contributed by atoms with Gasteiger partial charge >= 0.3 is 0 Å². The van der Waals surface area contributed by atoms with E-state index < -0.39 is 9.84 Å². The molecule has 2 unspecified atom stereocenters. The van der Waals surface area contributed by atoms with Gasteiger partial charge in [0.25, 0.3) is 0 Å². The van der Waals surface area contributed by atoms with Crippen molar-refractivity contribution in [1.82, 2.24) is 0 Å². The van der Waals surface area contributed by atoms with Crippen LogP contribution >= 0.6 is 15.9 Å². The molecule has 1 rings (SSSR count). The van der Waals surface area contributed by atoms with Crippen LogP contribution in [-0.4, -0.2) is 24.8 Å². The highest BCUT2D eigenvalue weighted by molar-refractivity contribution is 9.09. The molecule has 0 spiro atoms. The summed E-state index contributed by atoms with van der Waals surface area (Å²) in [5.41, 5.74) is 0. The van der Waals surface area contributed by atoms with Gasteiger partial charge in [-0.15, -0.1) is 0 Å². The van der Waals surface area contributed by atoms with E-state index in [9.17, 15) is 8.42 Å². The molecule has 60 valence electrons. The van der Waals surface area contributed by atoms with E-state index in [0.29, 0.717) is 22.3 Å². The molecule has 0 aromatic heterocycles. The Morgan fingerprint density at radius 3 is 2.40 bits per heavy atom. The summed E-state index contributed by atoms with van der Waals surface area (Å²) in [5, 5.41) is 0. The van der Waals surface area contributed by atoms with Crippen molar-refractivity contribution in [3.8, 4) is 0 Å². The van der Waals surface area contributed by atoms with Gasteiger partial charge in [-0.25, -0.2) is 8.42 Å². The summed E-state index contributed by atoms with van der Waals surface area (Å²) < 4.78 is 21.8. The zero-order chi connectivity index (χ0) is 7.78. The quantitative estimate of drug-likeness (QED) is 0.631. The normalized spacial score (nSPS) is 34.0. The number of rotatable bonds is 1. The molecule has 1 heterocycles. The lowest BCUT2D eigenvalue weighted by molar-refractivity contribution is 0.585. The van der Waals surface area contributed by atoms with Crippen LogP contribution in [0.2, 0.25) is 0 Å². The van der Waals surface area contributed by atoms with Crippen LogP contribution in [0.25, 0.3) is 0 Å². The maximum Gasteiger partial charge on any atom is 0.150 e. The maximum atomic E-state index is 10.9. The first-order valence-electron chi connectivity index (χ1n) is 3.36. The minimum Gasteiger partial charge on any atom is -0.229 e. The third-order valence-corrected chi connectivity index (χ3v) is 4.46. The Balaban J connectivity index is 2.60. The molecule has 0 radical (unpaired) electrons. The molecule has 1 fully saturated rings. The predicted molar refractivity (Wildman–Crippen MR) is 45.1 cm³/mol. The Kier molecular flexibility index (Phi) is 2.40. The van der Waals surface area contributed by atoms with Crippen LogP contribution in [0.15, 0.2) is 0 Å². The van der Waals surface area contributed by atoms with Crippen LogP contribution in [0.1, 0.15) is 13.3 Å². The van der Waals surface area contributed by atoms with E-state index in [-0.39, 0.29) is 0 Å². The Hall–Kier alpha value is 0.430. The lowest BCUT2D eigenvalue weighted by Gasteiger charge is -2.08. The van der Waals surface area contributed by atoms with Crippen molar-refractivity contribution < 1.29 is 8.42 Å². The van der Waals surface area contributed by atoms with Crippen LogP contribution in [0.3, 0.4) is 0 Å². The van der Waals surface area contributed by atoms with E-state index in [1.54, 1.807) is 0 Å². The summed E-state index contributed by atoms with van der Waals surface area (Å²) in [4.78, 5) is 0.338. The SMILES string of the molecule is CC(Br)C1CCS(=O)(=O)C1. The monoisotopic (exact) mass is 226 g/mol. The number of hydrogen-bond donors (Lipinski definition) is 0. The van der Waals surface area contributed by atoms with Crippen molar-refractivity contribution in [3.63, 3.8) is 0 Å². The van der Waals surface area contributed by atoms with Crippen molar-refractivity contribution in [2.75, 3.05) is 11.5 Å². The Labute approximate surface area is 70.1 Å². The van der Waals surface area contributed by atoms with Gasteiger partial charge in [0.15, 0.2) is 9.84 Å². The molecule has 2 atom stereocenters. The molecule has 2 nitrogen and oxygen atoms in total. The van der Waals surface area contributed by atoms with Gasteiger partial charge < -0.3 is 0 Å². The molecule has 4 heteroatoms. The molecule has 0 aliphatic carbocycles. The lowest BCUT2D eigenvalue weighted by Crippen LogP contribution is -2.12. The van der Waals surface area contributed by atoms with Crippen LogP contribution < -0.4 is 0 Å².